The molecule has 1 aromatic carbocycles. The van der Waals surface area contributed by atoms with E-state index in [2.05, 4.69) is 6.92 Å². The highest BCUT2D eigenvalue weighted by Gasteiger charge is 2.21. The van der Waals surface area contributed by atoms with E-state index in [9.17, 15) is 9.59 Å². The lowest BCUT2D eigenvalue weighted by Gasteiger charge is -2.22. The molecule has 144 valence electrons. The van der Waals surface area contributed by atoms with Crippen molar-refractivity contribution >= 4 is 11.8 Å². The van der Waals surface area contributed by atoms with Crippen molar-refractivity contribution in [1.29, 1.82) is 0 Å². The zero-order valence-electron chi connectivity index (χ0n) is 15.9. The molecule has 1 saturated heterocycles. The number of benzene rings is 1. The maximum atomic E-state index is 12.4. The Balaban J connectivity index is 1.77. The van der Waals surface area contributed by atoms with Crippen LogP contribution in [0.5, 0.6) is 11.5 Å². The van der Waals surface area contributed by atoms with Crippen molar-refractivity contribution in [2.75, 3.05) is 39.4 Å². The van der Waals surface area contributed by atoms with Gasteiger partial charge in [-0.25, -0.2) is 0 Å². The monoisotopic (exact) mass is 362 g/mol. The molecule has 0 aromatic heterocycles. The molecule has 2 rings (SSSR count). The van der Waals surface area contributed by atoms with Crippen LogP contribution in [0.15, 0.2) is 24.3 Å². The van der Waals surface area contributed by atoms with E-state index in [0.717, 1.165) is 31.6 Å². The minimum Gasteiger partial charge on any atom is -0.494 e. The van der Waals surface area contributed by atoms with E-state index in [-0.39, 0.29) is 18.4 Å². The van der Waals surface area contributed by atoms with Crippen molar-refractivity contribution in [3.05, 3.63) is 24.3 Å². The largest absolute Gasteiger partial charge is 0.494 e. The van der Waals surface area contributed by atoms with Gasteiger partial charge in [0.15, 0.2) is 6.61 Å². The highest BCUT2D eigenvalue weighted by Crippen LogP contribution is 2.17. The summed E-state index contributed by atoms with van der Waals surface area (Å²) in [6, 6.07) is 7.26. The first-order valence-electron chi connectivity index (χ1n) is 9.55. The number of amides is 2. The molecular weight excluding hydrogens is 332 g/mol. The van der Waals surface area contributed by atoms with Crippen LogP contribution in [0.25, 0.3) is 0 Å². The summed E-state index contributed by atoms with van der Waals surface area (Å²) < 4.78 is 11.0. The molecule has 0 radical (unpaired) electrons. The van der Waals surface area contributed by atoms with Crippen molar-refractivity contribution in [3.8, 4) is 11.5 Å². The van der Waals surface area contributed by atoms with Gasteiger partial charge in [0, 0.05) is 32.6 Å². The van der Waals surface area contributed by atoms with Crippen LogP contribution in [-0.2, 0) is 9.59 Å². The van der Waals surface area contributed by atoms with E-state index < -0.39 is 0 Å². The molecule has 0 saturated carbocycles. The third kappa shape index (κ3) is 6.24. The molecule has 26 heavy (non-hydrogen) atoms. The van der Waals surface area contributed by atoms with Gasteiger partial charge in [0.2, 0.25) is 5.91 Å². The topological polar surface area (TPSA) is 59.1 Å². The maximum absolute atomic E-state index is 12.4. The predicted octanol–water partition coefficient (Wildman–Crippen LogP) is 2.72. The Morgan fingerprint density at radius 1 is 0.885 bits per heavy atom. The fourth-order valence-electron chi connectivity index (χ4n) is 2.94. The summed E-state index contributed by atoms with van der Waals surface area (Å²) in [4.78, 5) is 28.3. The van der Waals surface area contributed by atoms with Gasteiger partial charge in [-0.3, -0.25) is 9.59 Å². The quantitative estimate of drug-likeness (QED) is 0.713. The van der Waals surface area contributed by atoms with Crippen LogP contribution in [0.4, 0.5) is 0 Å². The highest BCUT2D eigenvalue weighted by atomic mass is 16.5. The van der Waals surface area contributed by atoms with Crippen LogP contribution in [0, 0.1) is 0 Å². The summed E-state index contributed by atoms with van der Waals surface area (Å²) in [5.41, 5.74) is 0. The number of hydrogen-bond acceptors (Lipinski definition) is 4. The van der Waals surface area contributed by atoms with Gasteiger partial charge >= 0.3 is 0 Å². The van der Waals surface area contributed by atoms with Gasteiger partial charge in [0.25, 0.3) is 5.91 Å². The van der Waals surface area contributed by atoms with E-state index in [1.807, 2.05) is 24.0 Å². The normalized spacial score (nSPS) is 14.7. The van der Waals surface area contributed by atoms with Crippen molar-refractivity contribution < 1.29 is 19.1 Å². The Morgan fingerprint density at radius 2 is 1.46 bits per heavy atom. The van der Waals surface area contributed by atoms with E-state index in [1.165, 1.54) is 0 Å². The lowest BCUT2D eigenvalue weighted by atomic mass is 10.2. The van der Waals surface area contributed by atoms with Crippen molar-refractivity contribution in [2.24, 2.45) is 0 Å². The number of carbonyl (C=O) groups excluding carboxylic acids is 2. The zero-order chi connectivity index (χ0) is 18.8. The SMILES string of the molecule is CCCCC(=O)N1CCCN(C(=O)COc2ccc(OCC)cc2)CC1. The van der Waals surface area contributed by atoms with E-state index in [0.29, 0.717) is 38.4 Å². The van der Waals surface area contributed by atoms with Crippen LogP contribution < -0.4 is 9.47 Å². The second-order valence-corrected chi connectivity index (χ2v) is 6.41. The fraction of sp³-hybridized carbons (Fsp3) is 0.600. The maximum Gasteiger partial charge on any atom is 0.260 e. The number of hydrogen-bond donors (Lipinski definition) is 0. The van der Waals surface area contributed by atoms with Gasteiger partial charge in [-0.1, -0.05) is 13.3 Å². The number of unbranched alkanes of at least 4 members (excludes halogenated alkanes) is 1. The average Bonchev–Trinajstić information content (AvgIpc) is 2.92. The highest BCUT2D eigenvalue weighted by molar-refractivity contribution is 5.78. The van der Waals surface area contributed by atoms with Gasteiger partial charge in [0.05, 0.1) is 6.61 Å². The standard InChI is InChI=1S/C20H30N2O4/c1-3-5-7-19(23)21-12-6-13-22(15-14-21)20(24)16-26-18-10-8-17(9-11-18)25-4-2/h8-11H,3-7,12-16H2,1-2H3. The summed E-state index contributed by atoms with van der Waals surface area (Å²) in [7, 11) is 0. The summed E-state index contributed by atoms with van der Waals surface area (Å²) in [6.07, 6.45) is 3.36. The lowest BCUT2D eigenvalue weighted by Crippen LogP contribution is -2.39. The fourth-order valence-corrected chi connectivity index (χ4v) is 2.94. The number of rotatable bonds is 8. The van der Waals surface area contributed by atoms with Crippen molar-refractivity contribution in [1.82, 2.24) is 9.80 Å². The van der Waals surface area contributed by atoms with Gasteiger partial charge in [-0.2, -0.15) is 0 Å². The lowest BCUT2D eigenvalue weighted by molar-refractivity contribution is -0.134. The van der Waals surface area contributed by atoms with Crippen LogP contribution in [0.3, 0.4) is 0 Å². The Bertz CT molecular complexity index is 574. The smallest absolute Gasteiger partial charge is 0.260 e. The molecule has 2 amide bonds. The summed E-state index contributed by atoms with van der Waals surface area (Å²) in [5.74, 6) is 1.59. The first kappa shape index (κ1) is 20.1. The second-order valence-electron chi connectivity index (χ2n) is 6.41. The molecular formula is C20H30N2O4. The van der Waals surface area contributed by atoms with Gasteiger partial charge < -0.3 is 19.3 Å². The summed E-state index contributed by atoms with van der Waals surface area (Å²) >= 11 is 0. The first-order valence-corrected chi connectivity index (χ1v) is 9.55. The van der Waals surface area contributed by atoms with E-state index >= 15 is 0 Å². The molecule has 6 nitrogen and oxygen atoms in total. The molecule has 1 aliphatic heterocycles. The molecule has 0 N–H and O–H groups in total. The van der Waals surface area contributed by atoms with Gasteiger partial charge in [-0.15, -0.1) is 0 Å². The molecule has 0 aliphatic carbocycles. The minimum absolute atomic E-state index is 0.0117. The number of nitrogens with zero attached hydrogens (tertiary/aromatic N) is 2. The summed E-state index contributed by atoms with van der Waals surface area (Å²) in [6.45, 7) is 7.22. The number of carbonyl (C=O) groups is 2. The zero-order valence-corrected chi connectivity index (χ0v) is 15.9. The van der Waals surface area contributed by atoms with Crippen molar-refractivity contribution in [3.63, 3.8) is 0 Å². The molecule has 0 unspecified atom stereocenters. The van der Waals surface area contributed by atoms with Crippen LogP contribution >= 0.6 is 0 Å². The molecule has 1 fully saturated rings. The predicted molar refractivity (Wildman–Crippen MR) is 100 cm³/mol. The Hall–Kier alpha value is -2.24. The Morgan fingerprint density at radius 3 is 2.04 bits per heavy atom. The third-order valence-electron chi connectivity index (χ3n) is 4.44. The average molecular weight is 362 g/mol. The summed E-state index contributed by atoms with van der Waals surface area (Å²) in [5, 5.41) is 0. The van der Waals surface area contributed by atoms with Crippen LogP contribution in [0.2, 0.25) is 0 Å². The molecule has 1 aliphatic rings. The molecule has 0 spiro atoms. The molecule has 0 atom stereocenters. The molecule has 6 heteroatoms. The molecule has 1 aromatic rings. The van der Waals surface area contributed by atoms with E-state index in [4.69, 9.17) is 9.47 Å². The van der Waals surface area contributed by atoms with Crippen molar-refractivity contribution in [2.45, 2.75) is 39.5 Å². The number of ether oxygens (including phenoxy) is 2. The van der Waals surface area contributed by atoms with E-state index in [1.54, 1.807) is 17.0 Å². The Kier molecular flexibility index (Phi) is 8.25. The first-order chi connectivity index (χ1) is 12.6. The molecule has 0 bridgehead atoms. The van der Waals surface area contributed by atoms with Gasteiger partial charge in [-0.05, 0) is 44.0 Å². The third-order valence-corrected chi connectivity index (χ3v) is 4.44. The van der Waals surface area contributed by atoms with Crippen LogP contribution in [-0.4, -0.2) is 61.0 Å². The second kappa shape index (κ2) is 10.7. The minimum atomic E-state index is -0.0401. The Labute approximate surface area is 156 Å². The van der Waals surface area contributed by atoms with Crippen LogP contribution in [0.1, 0.15) is 39.5 Å². The molecule has 1 heterocycles. The van der Waals surface area contributed by atoms with Gasteiger partial charge in [0.1, 0.15) is 11.5 Å².